The minimum atomic E-state index is -3.42. The normalized spacial score (nSPS) is 14.5. The van der Waals surface area contributed by atoms with Gasteiger partial charge in [0, 0.05) is 38.8 Å². The molecule has 1 N–H and O–H groups in total. The van der Waals surface area contributed by atoms with Crippen LogP contribution >= 0.6 is 0 Å². The summed E-state index contributed by atoms with van der Waals surface area (Å²) < 4.78 is 25.2. The van der Waals surface area contributed by atoms with Crippen molar-refractivity contribution in [3.8, 4) is 0 Å². The summed E-state index contributed by atoms with van der Waals surface area (Å²) in [7, 11) is 0.425. The van der Waals surface area contributed by atoms with Gasteiger partial charge in [-0.25, -0.2) is 8.42 Å². The number of carbonyl (C=O) groups is 1. The van der Waals surface area contributed by atoms with Crippen LogP contribution in [0.4, 0.5) is 11.4 Å². The van der Waals surface area contributed by atoms with E-state index in [2.05, 4.69) is 5.32 Å². The Morgan fingerprint density at radius 1 is 1.18 bits per heavy atom. The van der Waals surface area contributed by atoms with E-state index in [0.717, 1.165) is 24.8 Å². The summed E-state index contributed by atoms with van der Waals surface area (Å²) in [5, 5.41) is 2.87. The first-order valence-corrected chi connectivity index (χ1v) is 9.16. The highest BCUT2D eigenvalue weighted by Crippen LogP contribution is 2.22. The van der Waals surface area contributed by atoms with Crippen LogP contribution in [-0.2, 0) is 14.8 Å². The fraction of sp³-hybridized carbons (Fsp3) is 0.533. The number of hydrogen-bond acceptors (Lipinski definition) is 4. The third-order valence-electron chi connectivity index (χ3n) is 3.54. The largest absolute Gasteiger partial charge is 0.378 e. The molecule has 1 aromatic rings. The van der Waals surface area contributed by atoms with Gasteiger partial charge in [-0.2, -0.15) is 0 Å². The fourth-order valence-electron chi connectivity index (χ4n) is 2.13. The average molecular weight is 325 g/mol. The Balaban J connectivity index is 2.06. The average Bonchev–Trinajstić information content (AvgIpc) is 3.21. The first kappa shape index (κ1) is 16.6. The number of hydrogen-bond donors (Lipinski definition) is 1. The van der Waals surface area contributed by atoms with E-state index in [1.165, 1.54) is 4.31 Å². The number of benzene rings is 1. The second-order valence-electron chi connectivity index (χ2n) is 5.84. The van der Waals surface area contributed by atoms with Gasteiger partial charge >= 0.3 is 0 Å². The lowest BCUT2D eigenvalue weighted by Gasteiger charge is -2.23. The zero-order valence-electron chi connectivity index (χ0n) is 13.2. The third kappa shape index (κ3) is 4.62. The van der Waals surface area contributed by atoms with Crippen LogP contribution in [0.15, 0.2) is 24.3 Å². The fourth-order valence-corrected chi connectivity index (χ4v) is 3.06. The van der Waals surface area contributed by atoms with Crippen LogP contribution in [0, 0.1) is 0 Å². The zero-order valence-corrected chi connectivity index (χ0v) is 14.1. The van der Waals surface area contributed by atoms with Crippen LogP contribution < -0.4 is 14.5 Å². The highest BCUT2D eigenvalue weighted by atomic mass is 32.2. The lowest BCUT2D eigenvalue weighted by molar-refractivity contribution is -0.121. The summed E-state index contributed by atoms with van der Waals surface area (Å²) in [5.74, 6) is -0.0962. The summed E-state index contributed by atoms with van der Waals surface area (Å²) in [6.45, 7) is 0.151. The molecule has 1 saturated carbocycles. The summed E-state index contributed by atoms with van der Waals surface area (Å²) in [5.41, 5.74) is 1.57. The van der Waals surface area contributed by atoms with Crippen LogP contribution in [-0.4, -0.2) is 47.3 Å². The minimum Gasteiger partial charge on any atom is -0.378 e. The molecule has 0 aliphatic heterocycles. The van der Waals surface area contributed by atoms with Gasteiger partial charge in [0.05, 0.1) is 11.9 Å². The molecular formula is C15H23N3O3S. The number of rotatable bonds is 7. The molecule has 0 aromatic heterocycles. The molecule has 6 nitrogen and oxygen atoms in total. The van der Waals surface area contributed by atoms with Crippen LogP contribution in [0.3, 0.4) is 0 Å². The van der Waals surface area contributed by atoms with Crippen molar-refractivity contribution in [1.29, 1.82) is 0 Å². The maximum Gasteiger partial charge on any atom is 0.232 e. The second-order valence-corrected chi connectivity index (χ2v) is 7.74. The predicted octanol–water partition coefficient (Wildman–Crippen LogP) is 1.19. The standard InChI is InChI=1S/C15H23N3O3S/c1-17(2)13-6-8-14(9-7-13)18(22(3,20)21)11-10-15(19)16-12-4-5-12/h6-9,12H,4-5,10-11H2,1-3H3,(H,16,19). The van der Waals surface area contributed by atoms with E-state index in [1.54, 1.807) is 12.1 Å². The van der Waals surface area contributed by atoms with Crippen molar-refractivity contribution in [2.24, 2.45) is 0 Å². The summed E-state index contributed by atoms with van der Waals surface area (Å²) in [6.07, 6.45) is 3.37. The maximum absolute atomic E-state index is 12.0. The molecule has 0 unspecified atom stereocenters. The van der Waals surface area contributed by atoms with Gasteiger partial charge in [-0.1, -0.05) is 0 Å². The smallest absolute Gasteiger partial charge is 0.232 e. The molecule has 0 spiro atoms. The molecule has 1 amide bonds. The number of amides is 1. The molecule has 2 rings (SSSR count). The van der Waals surface area contributed by atoms with Crippen molar-refractivity contribution >= 4 is 27.3 Å². The number of nitrogens with zero attached hydrogens (tertiary/aromatic N) is 2. The van der Waals surface area contributed by atoms with E-state index in [-0.39, 0.29) is 18.9 Å². The summed E-state index contributed by atoms with van der Waals surface area (Å²) in [6, 6.07) is 7.53. The van der Waals surface area contributed by atoms with Crippen molar-refractivity contribution in [1.82, 2.24) is 5.32 Å². The topological polar surface area (TPSA) is 69.7 Å². The molecule has 1 aliphatic rings. The summed E-state index contributed by atoms with van der Waals surface area (Å²) >= 11 is 0. The van der Waals surface area contributed by atoms with Gasteiger partial charge in [-0.15, -0.1) is 0 Å². The molecule has 0 heterocycles. The Bertz CT molecular complexity index is 622. The highest BCUT2D eigenvalue weighted by molar-refractivity contribution is 7.92. The third-order valence-corrected chi connectivity index (χ3v) is 4.73. The van der Waals surface area contributed by atoms with Crippen molar-refractivity contribution in [2.75, 3.05) is 36.1 Å². The monoisotopic (exact) mass is 325 g/mol. The van der Waals surface area contributed by atoms with E-state index in [1.807, 2.05) is 31.1 Å². The molecule has 22 heavy (non-hydrogen) atoms. The first-order valence-electron chi connectivity index (χ1n) is 7.32. The van der Waals surface area contributed by atoms with Gasteiger partial charge < -0.3 is 10.2 Å². The maximum atomic E-state index is 12.0. The first-order chi connectivity index (χ1) is 10.3. The Kier molecular flexibility index (Phi) is 4.95. The van der Waals surface area contributed by atoms with Crippen LogP contribution in [0.25, 0.3) is 0 Å². The number of nitrogens with one attached hydrogen (secondary N) is 1. The molecular weight excluding hydrogens is 302 g/mol. The van der Waals surface area contributed by atoms with E-state index in [0.29, 0.717) is 11.7 Å². The van der Waals surface area contributed by atoms with E-state index in [4.69, 9.17) is 0 Å². The summed E-state index contributed by atoms with van der Waals surface area (Å²) in [4.78, 5) is 13.7. The Hall–Kier alpha value is -1.76. The van der Waals surface area contributed by atoms with Crippen LogP contribution in [0.5, 0.6) is 0 Å². The molecule has 1 aliphatic carbocycles. The Morgan fingerprint density at radius 3 is 2.18 bits per heavy atom. The Labute approximate surface area is 132 Å². The molecule has 0 radical (unpaired) electrons. The van der Waals surface area contributed by atoms with E-state index >= 15 is 0 Å². The minimum absolute atomic E-state index is 0.0962. The van der Waals surface area contributed by atoms with Crippen LogP contribution in [0.1, 0.15) is 19.3 Å². The van der Waals surface area contributed by atoms with Crippen LogP contribution in [0.2, 0.25) is 0 Å². The molecule has 0 bridgehead atoms. The lowest BCUT2D eigenvalue weighted by Crippen LogP contribution is -2.35. The molecule has 0 saturated heterocycles. The van der Waals surface area contributed by atoms with Crippen molar-refractivity contribution in [2.45, 2.75) is 25.3 Å². The number of sulfonamides is 1. The van der Waals surface area contributed by atoms with Gasteiger partial charge in [0.15, 0.2) is 0 Å². The molecule has 1 fully saturated rings. The van der Waals surface area contributed by atoms with Gasteiger partial charge in [-0.3, -0.25) is 9.10 Å². The van der Waals surface area contributed by atoms with Gasteiger partial charge in [-0.05, 0) is 37.1 Å². The second kappa shape index (κ2) is 6.56. The highest BCUT2D eigenvalue weighted by Gasteiger charge is 2.24. The van der Waals surface area contributed by atoms with Crippen molar-refractivity contribution < 1.29 is 13.2 Å². The number of anilines is 2. The number of carbonyl (C=O) groups excluding carboxylic acids is 1. The van der Waals surface area contributed by atoms with E-state index in [9.17, 15) is 13.2 Å². The Morgan fingerprint density at radius 2 is 1.73 bits per heavy atom. The van der Waals surface area contributed by atoms with Gasteiger partial charge in [0.2, 0.25) is 15.9 Å². The lowest BCUT2D eigenvalue weighted by atomic mass is 10.2. The SMILES string of the molecule is CN(C)c1ccc(N(CCC(=O)NC2CC2)S(C)(=O)=O)cc1. The molecule has 122 valence electrons. The van der Waals surface area contributed by atoms with Crippen molar-refractivity contribution in [3.63, 3.8) is 0 Å². The zero-order chi connectivity index (χ0) is 16.3. The van der Waals surface area contributed by atoms with Crippen molar-refractivity contribution in [3.05, 3.63) is 24.3 Å². The van der Waals surface area contributed by atoms with Gasteiger partial charge in [0.1, 0.15) is 0 Å². The van der Waals surface area contributed by atoms with E-state index < -0.39 is 10.0 Å². The predicted molar refractivity (Wildman–Crippen MR) is 88.7 cm³/mol. The molecule has 7 heteroatoms. The quantitative estimate of drug-likeness (QED) is 0.817. The molecule has 0 atom stereocenters. The van der Waals surface area contributed by atoms with Gasteiger partial charge in [0.25, 0.3) is 0 Å². The molecule has 1 aromatic carbocycles.